The number of aromatic nitrogens is 2. The Morgan fingerprint density at radius 1 is 1.07 bits per heavy atom. The van der Waals surface area contributed by atoms with E-state index >= 15 is 0 Å². The van der Waals surface area contributed by atoms with Gasteiger partial charge in [-0.25, -0.2) is 0 Å². The molecule has 7 nitrogen and oxygen atoms in total. The molecule has 0 saturated heterocycles. The lowest BCUT2D eigenvalue weighted by molar-refractivity contribution is -0.116. The lowest BCUT2D eigenvalue weighted by atomic mass is 10.1. The summed E-state index contributed by atoms with van der Waals surface area (Å²) in [6.45, 7) is 0.202. The van der Waals surface area contributed by atoms with E-state index in [-0.39, 0.29) is 30.7 Å². The molecule has 0 spiro atoms. The van der Waals surface area contributed by atoms with Crippen molar-refractivity contribution in [3.8, 4) is 11.3 Å². The lowest BCUT2D eigenvalue weighted by Gasteiger charge is -2.13. The van der Waals surface area contributed by atoms with Crippen LogP contribution >= 0.6 is 27.5 Å². The molecule has 0 aliphatic carbocycles. The SMILES string of the molecule is O=C(CCCN1C(=O)c2ccc(Br)cc2C1=O)Nc1ccc(-c2csnn2)cc1. The smallest absolute Gasteiger partial charge is 0.261 e. The predicted molar refractivity (Wildman–Crippen MR) is 113 cm³/mol. The summed E-state index contributed by atoms with van der Waals surface area (Å²) in [4.78, 5) is 38.2. The van der Waals surface area contributed by atoms with Crippen molar-refractivity contribution in [3.63, 3.8) is 0 Å². The summed E-state index contributed by atoms with van der Waals surface area (Å²) in [6.07, 6.45) is 0.593. The van der Waals surface area contributed by atoms with Crippen LogP contribution in [0.1, 0.15) is 33.6 Å². The standard InChI is InChI=1S/C20H15BrN4O3S/c21-13-5-8-15-16(10-13)20(28)25(19(15)27)9-1-2-18(26)22-14-6-3-12(4-7-14)17-11-29-24-23-17/h3-8,10-11H,1-2,9H2,(H,22,26). The summed E-state index contributed by atoms with van der Waals surface area (Å²) in [7, 11) is 0. The Morgan fingerprint density at radius 2 is 1.83 bits per heavy atom. The van der Waals surface area contributed by atoms with Crippen LogP contribution in [0.5, 0.6) is 0 Å². The van der Waals surface area contributed by atoms with Crippen LogP contribution in [0.3, 0.4) is 0 Å². The number of halogens is 1. The van der Waals surface area contributed by atoms with Crippen LogP contribution in [-0.4, -0.2) is 38.8 Å². The predicted octanol–water partition coefficient (Wildman–Crippen LogP) is 3.98. The van der Waals surface area contributed by atoms with E-state index in [1.165, 1.54) is 16.4 Å². The Balaban J connectivity index is 1.29. The molecular weight excluding hydrogens is 456 g/mol. The second kappa shape index (κ2) is 8.22. The number of carbonyl (C=O) groups is 3. The van der Waals surface area contributed by atoms with Crippen molar-refractivity contribution in [2.75, 3.05) is 11.9 Å². The average Bonchev–Trinajstić information content (AvgIpc) is 3.32. The number of rotatable bonds is 6. The molecule has 2 aromatic carbocycles. The molecule has 9 heteroatoms. The normalized spacial score (nSPS) is 12.9. The summed E-state index contributed by atoms with van der Waals surface area (Å²) in [5.74, 6) is -0.809. The number of anilines is 1. The number of amides is 3. The van der Waals surface area contributed by atoms with Gasteiger partial charge in [0.2, 0.25) is 5.91 Å². The zero-order valence-corrected chi connectivity index (χ0v) is 17.5. The third kappa shape index (κ3) is 4.10. The minimum absolute atomic E-state index is 0.174. The molecule has 0 fully saturated rings. The molecule has 0 atom stereocenters. The quantitative estimate of drug-likeness (QED) is 0.549. The number of benzene rings is 2. The highest BCUT2D eigenvalue weighted by molar-refractivity contribution is 9.10. The largest absolute Gasteiger partial charge is 0.326 e. The molecule has 146 valence electrons. The maximum atomic E-state index is 12.4. The first-order valence-electron chi connectivity index (χ1n) is 8.86. The van der Waals surface area contributed by atoms with E-state index in [9.17, 15) is 14.4 Å². The number of nitrogens with one attached hydrogen (secondary N) is 1. The zero-order valence-electron chi connectivity index (χ0n) is 15.1. The van der Waals surface area contributed by atoms with E-state index in [4.69, 9.17) is 0 Å². The van der Waals surface area contributed by atoms with Crippen molar-refractivity contribution >= 4 is 50.9 Å². The van der Waals surface area contributed by atoms with Crippen LogP contribution in [0.15, 0.2) is 52.3 Å². The van der Waals surface area contributed by atoms with Crippen LogP contribution in [0.4, 0.5) is 5.69 Å². The topological polar surface area (TPSA) is 92.3 Å². The van der Waals surface area contributed by atoms with Crippen LogP contribution < -0.4 is 5.32 Å². The first kappa shape index (κ1) is 19.4. The summed E-state index contributed by atoms with van der Waals surface area (Å²) < 4.78 is 4.58. The van der Waals surface area contributed by atoms with Gasteiger partial charge in [-0.05, 0) is 48.3 Å². The summed E-state index contributed by atoms with van der Waals surface area (Å²) in [6, 6.07) is 12.3. The molecule has 3 aromatic rings. The summed E-state index contributed by atoms with van der Waals surface area (Å²) >= 11 is 4.59. The molecule has 1 aliphatic rings. The molecule has 0 saturated carbocycles. The Labute approximate surface area is 179 Å². The van der Waals surface area contributed by atoms with Gasteiger partial charge in [0, 0.05) is 34.1 Å². The molecule has 0 unspecified atom stereocenters. The molecule has 2 heterocycles. The molecule has 0 radical (unpaired) electrons. The van der Waals surface area contributed by atoms with Gasteiger partial charge in [0.1, 0.15) is 5.69 Å². The van der Waals surface area contributed by atoms with Gasteiger partial charge in [0.05, 0.1) is 11.1 Å². The van der Waals surface area contributed by atoms with Crippen LogP contribution in [0, 0.1) is 0 Å². The van der Waals surface area contributed by atoms with Crippen molar-refractivity contribution in [1.82, 2.24) is 14.5 Å². The van der Waals surface area contributed by atoms with E-state index < -0.39 is 0 Å². The Morgan fingerprint density at radius 3 is 2.55 bits per heavy atom. The van der Waals surface area contributed by atoms with E-state index in [1.54, 1.807) is 30.3 Å². The van der Waals surface area contributed by atoms with Gasteiger partial charge in [0.25, 0.3) is 11.8 Å². The number of imide groups is 1. The molecule has 1 aliphatic heterocycles. The highest BCUT2D eigenvalue weighted by Crippen LogP contribution is 2.26. The van der Waals surface area contributed by atoms with Crippen molar-refractivity contribution in [3.05, 3.63) is 63.4 Å². The lowest BCUT2D eigenvalue weighted by Crippen LogP contribution is -2.31. The van der Waals surface area contributed by atoms with Crippen LogP contribution in [0.2, 0.25) is 0 Å². The molecule has 1 aromatic heterocycles. The maximum absolute atomic E-state index is 12.4. The Bertz CT molecular complexity index is 1080. The molecule has 29 heavy (non-hydrogen) atoms. The van der Waals surface area contributed by atoms with E-state index in [0.29, 0.717) is 23.2 Å². The van der Waals surface area contributed by atoms with E-state index in [2.05, 4.69) is 30.8 Å². The fraction of sp³-hybridized carbons (Fsp3) is 0.150. The number of carbonyl (C=O) groups excluding carboxylic acids is 3. The minimum Gasteiger partial charge on any atom is -0.326 e. The van der Waals surface area contributed by atoms with Gasteiger partial charge in [0.15, 0.2) is 0 Å². The third-order valence-corrected chi connectivity index (χ3v) is 5.54. The summed E-state index contributed by atoms with van der Waals surface area (Å²) in [5, 5.41) is 8.68. The van der Waals surface area contributed by atoms with Crippen molar-refractivity contribution < 1.29 is 14.4 Å². The van der Waals surface area contributed by atoms with Gasteiger partial charge in [-0.1, -0.05) is 32.6 Å². The fourth-order valence-corrected chi connectivity index (χ4v) is 3.93. The number of fused-ring (bicyclic) bond motifs is 1. The highest BCUT2D eigenvalue weighted by Gasteiger charge is 2.35. The van der Waals surface area contributed by atoms with Gasteiger partial charge in [-0.15, -0.1) is 5.10 Å². The van der Waals surface area contributed by atoms with Crippen molar-refractivity contribution in [2.45, 2.75) is 12.8 Å². The van der Waals surface area contributed by atoms with Crippen molar-refractivity contribution in [2.24, 2.45) is 0 Å². The zero-order chi connectivity index (χ0) is 20.4. The van der Waals surface area contributed by atoms with E-state index in [0.717, 1.165) is 15.7 Å². The Kier molecular flexibility index (Phi) is 5.50. The van der Waals surface area contributed by atoms with Crippen LogP contribution in [0.25, 0.3) is 11.3 Å². The molecule has 3 amide bonds. The molecule has 1 N–H and O–H groups in total. The maximum Gasteiger partial charge on any atom is 0.261 e. The van der Waals surface area contributed by atoms with Gasteiger partial charge >= 0.3 is 0 Å². The molecule has 4 rings (SSSR count). The highest BCUT2D eigenvalue weighted by atomic mass is 79.9. The van der Waals surface area contributed by atoms with Gasteiger partial charge in [-0.3, -0.25) is 19.3 Å². The second-order valence-corrected chi connectivity index (χ2v) is 8.00. The average molecular weight is 471 g/mol. The first-order valence-corrected chi connectivity index (χ1v) is 10.5. The van der Waals surface area contributed by atoms with Gasteiger partial charge < -0.3 is 5.32 Å². The van der Waals surface area contributed by atoms with Crippen LogP contribution in [-0.2, 0) is 4.79 Å². The number of nitrogens with zero attached hydrogens (tertiary/aromatic N) is 3. The monoisotopic (exact) mass is 470 g/mol. The van der Waals surface area contributed by atoms with Crippen molar-refractivity contribution in [1.29, 1.82) is 0 Å². The second-order valence-electron chi connectivity index (χ2n) is 6.47. The first-order chi connectivity index (χ1) is 14.0. The molecule has 0 bridgehead atoms. The number of hydrogen-bond acceptors (Lipinski definition) is 6. The summed E-state index contributed by atoms with van der Waals surface area (Å²) in [5.41, 5.74) is 3.18. The van der Waals surface area contributed by atoms with Gasteiger partial charge in [-0.2, -0.15) is 0 Å². The Hall–Kier alpha value is -2.91. The third-order valence-electron chi connectivity index (χ3n) is 4.54. The fourth-order valence-electron chi connectivity index (χ4n) is 3.10. The van der Waals surface area contributed by atoms with E-state index in [1.807, 2.05) is 17.5 Å². The molecular formula is C20H15BrN4O3S. The number of hydrogen-bond donors (Lipinski definition) is 1. The minimum atomic E-state index is -0.321.